The summed E-state index contributed by atoms with van der Waals surface area (Å²) in [6.07, 6.45) is 6.93. The van der Waals surface area contributed by atoms with Crippen LogP contribution >= 0.6 is 11.6 Å². The van der Waals surface area contributed by atoms with Crippen molar-refractivity contribution in [2.45, 2.75) is 50.6 Å². The highest BCUT2D eigenvalue weighted by atomic mass is 35.5. The Labute approximate surface area is 166 Å². The molecule has 6 nitrogen and oxygen atoms in total. The van der Waals surface area contributed by atoms with E-state index in [-0.39, 0.29) is 18.5 Å². The fourth-order valence-corrected chi connectivity index (χ4v) is 4.05. The molecule has 1 aromatic rings. The van der Waals surface area contributed by atoms with Crippen LogP contribution in [-0.4, -0.2) is 50.6 Å². The second kappa shape index (κ2) is 9.83. The molecule has 0 spiro atoms. The SMILES string of the molecule is CN=C(NCC(=O)NC1CCCCC1)NC1CCN(c2cccc(Cl)c2)C1. The Balaban J connectivity index is 1.41. The second-order valence-electron chi connectivity index (χ2n) is 7.38. The van der Waals surface area contributed by atoms with Gasteiger partial charge in [-0.3, -0.25) is 9.79 Å². The van der Waals surface area contributed by atoms with Gasteiger partial charge in [0.15, 0.2) is 5.96 Å². The smallest absolute Gasteiger partial charge is 0.239 e. The molecule has 1 aromatic carbocycles. The summed E-state index contributed by atoms with van der Waals surface area (Å²) >= 11 is 6.10. The zero-order chi connectivity index (χ0) is 19.1. The summed E-state index contributed by atoms with van der Waals surface area (Å²) in [6.45, 7) is 2.10. The van der Waals surface area contributed by atoms with Crippen LogP contribution < -0.4 is 20.9 Å². The third kappa shape index (κ3) is 6.03. The number of aliphatic imine (C=N–C) groups is 1. The van der Waals surface area contributed by atoms with Gasteiger partial charge in [0.1, 0.15) is 0 Å². The lowest BCUT2D eigenvalue weighted by molar-refractivity contribution is -0.120. The summed E-state index contributed by atoms with van der Waals surface area (Å²) in [5.74, 6) is 0.712. The van der Waals surface area contributed by atoms with Crippen LogP contribution in [0.2, 0.25) is 5.02 Å². The normalized spacial score (nSPS) is 21.2. The van der Waals surface area contributed by atoms with Crippen molar-refractivity contribution in [2.24, 2.45) is 4.99 Å². The summed E-state index contributed by atoms with van der Waals surface area (Å²) in [5, 5.41) is 10.4. The predicted octanol–water partition coefficient (Wildman–Crippen LogP) is 2.53. The molecule has 1 saturated carbocycles. The molecule has 3 rings (SSSR count). The van der Waals surface area contributed by atoms with E-state index < -0.39 is 0 Å². The minimum absolute atomic E-state index is 0.0387. The third-order valence-corrected chi connectivity index (χ3v) is 5.55. The van der Waals surface area contributed by atoms with Gasteiger partial charge in [0, 0.05) is 42.9 Å². The molecule has 7 heteroatoms. The molecule has 1 aliphatic carbocycles. The van der Waals surface area contributed by atoms with E-state index in [1.165, 1.54) is 19.3 Å². The average Bonchev–Trinajstić information content (AvgIpc) is 3.14. The highest BCUT2D eigenvalue weighted by Crippen LogP contribution is 2.23. The Hall–Kier alpha value is -1.95. The summed E-state index contributed by atoms with van der Waals surface area (Å²) in [5.41, 5.74) is 1.14. The van der Waals surface area contributed by atoms with Crippen molar-refractivity contribution in [1.29, 1.82) is 0 Å². The minimum Gasteiger partial charge on any atom is -0.369 e. The number of nitrogens with zero attached hydrogens (tertiary/aromatic N) is 2. The Morgan fingerprint density at radius 2 is 2.00 bits per heavy atom. The van der Waals surface area contributed by atoms with Gasteiger partial charge in [-0.1, -0.05) is 36.9 Å². The van der Waals surface area contributed by atoms with E-state index in [1.807, 2.05) is 18.2 Å². The van der Waals surface area contributed by atoms with Crippen molar-refractivity contribution >= 4 is 29.2 Å². The first kappa shape index (κ1) is 19.8. The number of nitrogens with one attached hydrogen (secondary N) is 3. The number of carbonyl (C=O) groups is 1. The molecule has 1 aliphatic heterocycles. The van der Waals surface area contributed by atoms with Crippen LogP contribution in [0.1, 0.15) is 38.5 Å². The van der Waals surface area contributed by atoms with Crippen LogP contribution in [-0.2, 0) is 4.79 Å². The topological polar surface area (TPSA) is 68.8 Å². The van der Waals surface area contributed by atoms with Crippen molar-refractivity contribution in [3.8, 4) is 0 Å². The van der Waals surface area contributed by atoms with Gasteiger partial charge in [0.2, 0.25) is 5.91 Å². The van der Waals surface area contributed by atoms with Crippen LogP contribution in [0.25, 0.3) is 0 Å². The Bertz CT molecular complexity index is 660. The molecule has 0 aromatic heterocycles. The number of carbonyl (C=O) groups excluding carboxylic acids is 1. The second-order valence-corrected chi connectivity index (χ2v) is 7.82. The number of amides is 1. The van der Waals surface area contributed by atoms with Crippen molar-refractivity contribution in [3.05, 3.63) is 29.3 Å². The van der Waals surface area contributed by atoms with Gasteiger partial charge in [-0.2, -0.15) is 0 Å². The largest absolute Gasteiger partial charge is 0.369 e. The maximum absolute atomic E-state index is 12.2. The summed E-state index contributed by atoms with van der Waals surface area (Å²) in [4.78, 5) is 18.7. The van der Waals surface area contributed by atoms with Crippen LogP contribution in [0.4, 0.5) is 5.69 Å². The van der Waals surface area contributed by atoms with Gasteiger partial charge in [-0.25, -0.2) is 0 Å². The van der Waals surface area contributed by atoms with E-state index in [2.05, 4.69) is 31.9 Å². The molecular weight excluding hydrogens is 362 g/mol. The number of anilines is 1. The van der Waals surface area contributed by atoms with Gasteiger partial charge >= 0.3 is 0 Å². The van der Waals surface area contributed by atoms with Crippen molar-refractivity contribution < 1.29 is 4.79 Å². The molecule has 27 heavy (non-hydrogen) atoms. The Kier molecular flexibility index (Phi) is 7.21. The van der Waals surface area contributed by atoms with Crippen LogP contribution in [0, 0.1) is 0 Å². The average molecular weight is 392 g/mol. The lowest BCUT2D eigenvalue weighted by atomic mass is 9.95. The molecule has 1 unspecified atom stereocenters. The highest BCUT2D eigenvalue weighted by molar-refractivity contribution is 6.30. The van der Waals surface area contributed by atoms with Crippen molar-refractivity contribution in [3.63, 3.8) is 0 Å². The summed E-state index contributed by atoms with van der Waals surface area (Å²) in [7, 11) is 1.73. The van der Waals surface area contributed by atoms with Crippen LogP contribution in [0.5, 0.6) is 0 Å². The zero-order valence-electron chi connectivity index (χ0n) is 16.0. The van der Waals surface area contributed by atoms with Crippen molar-refractivity contribution in [1.82, 2.24) is 16.0 Å². The monoisotopic (exact) mass is 391 g/mol. The summed E-state index contributed by atoms with van der Waals surface area (Å²) in [6, 6.07) is 8.56. The summed E-state index contributed by atoms with van der Waals surface area (Å²) < 4.78 is 0. The fourth-order valence-electron chi connectivity index (χ4n) is 3.86. The first-order valence-corrected chi connectivity index (χ1v) is 10.3. The molecule has 0 bridgehead atoms. The number of guanidine groups is 1. The van der Waals surface area contributed by atoms with E-state index in [1.54, 1.807) is 7.05 Å². The molecule has 1 atom stereocenters. The van der Waals surface area contributed by atoms with Gasteiger partial charge in [0.25, 0.3) is 0 Å². The number of hydrogen-bond acceptors (Lipinski definition) is 3. The Morgan fingerprint density at radius 1 is 1.19 bits per heavy atom. The van der Waals surface area contributed by atoms with Gasteiger partial charge in [0.05, 0.1) is 6.54 Å². The number of hydrogen-bond donors (Lipinski definition) is 3. The van der Waals surface area contributed by atoms with Crippen molar-refractivity contribution in [2.75, 3.05) is 31.6 Å². The Morgan fingerprint density at radius 3 is 2.74 bits per heavy atom. The molecule has 1 amide bonds. The molecule has 1 saturated heterocycles. The van der Waals surface area contributed by atoms with Gasteiger partial charge in [-0.05, 0) is 37.5 Å². The van der Waals surface area contributed by atoms with E-state index in [9.17, 15) is 4.79 Å². The number of rotatable bonds is 5. The van der Waals surface area contributed by atoms with E-state index >= 15 is 0 Å². The minimum atomic E-state index is 0.0387. The van der Waals surface area contributed by atoms with Gasteiger partial charge < -0.3 is 20.9 Å². The zero-order valence-corrected chi connectivity index (χ0v) is 16.8. The molecule has 148 valence electrons. The lowest BCUT2D eigenvalue weighted by Gasteiger charge is -2.23. The quantitative estimate of drug-likeness (QED) is 0.533. The third-order valence-electron chi connectivity index (χ3n) is 5.31. The maximum Gasteiger partial charge on any atom is 0.239 e. The predicted molar refractivity (Wildman–Crippen MR) is 112 cm³/mol. The standard InChI is InChI=1S/C20H30ClN5O/c1-22-20(23-13-19(27)24-16-7-3-2-4-8-16)25-17-10-11-26(14-17)18-9-5-6-15(21)12-18/h5-6,9,12,16-17H,2-4,7-8,10-11,13-14H2,1H3,(H,24,27)(H2,22,23,25). The fraction of sp³-hybridized carbons (Fsp3) is 0.600. The van der Waals surface area contributed by atoms with Crippen LogP contribution in [0.15, 0.2) is 29.3 Å². The molecule has 0 radical (unpaired) electrons. The van der Waals surface area contributed by atoms with E-state index in [4.69, 9.17) is 11.6 Å². The number of halogens is 1. The first-order valence-electron chi connectivity index (χ1n) is 9.91. The molecule has 1 heterocycles. The lowest BCUT2D eigenvalue weighted by Crippen LogP contribution is -2.49. The molecule has 2 fully saturated rings. The van der Waals surface area contributed by atoms with Gasteiger partial charge in [-0.15, -0.1) is 0 Å². The molecular formula is C20H30ClN5O. The van der Waals surface area contributed by atoms with Crippen LogP contribution in [0.3, 0.4) is 0 Å². The van der Waals surface area contributed by atoms with E-state index in [0.29, 0.717) is 12.0 Å². The highest BCUT2D eigenvalue weighted by Gasteiger charge is 2.24. The first-order chi connectivity index (χ1) is 13.1. The molecule has 3 N–H and O–H groups in total. The molecule has 2 aliphatic rings. The van der Waals surface area contributed by atoms with E-state index in [0.717, 1.165) is 43.1 Å². The number of benzene rings is 1. The maximum atomic E-state index is 12.2.